The highest BCUT2D eigenvalue weighted by Gasteiger charge is 2.27. The Hall–Kier alpha value is -2.97. The van der Waals surface area contributed by atoms with Gasteiger partial charge >= 0.3 is 0 Å². The number of carbonyl (C=O) groups is 1. The topological polar surface area (TPSA) is 93.1 Å². The maximum Gasteiger partial charge on any atom is 0.240 e. The maximum atomic E-state index is 12.3. The van der Waals surface area contributed by atoms with Crippen molar-refractivity contribution in [3.8, 4) is 0 Å². The van der Waals surface area contributed by atoms with Gasteiger partial charge in [-0.3, -0.25) is 4.79 Å². The van der Waals surface area contributed by atoms with Gasteiger partial charge in [-0.05, 0) is 61.6 Å². The summed E-state index contributed by atoms with van der Waals surface area (Å²) in [6.07, 6.45) is 6.39. The van der Waals surface area contributed by atoms with Crippen LogP contribution in [0.2, 0.25) is 0 Å². The lowest BCUT2D eigenvalue weighted by Crippen LogP contribution is -2.25. The molecule has 162 valence electrons. The number of hydrogen-bond acceptors (Lipinski definition) is 4. The summed E-state index contributed by atoms with van der Waals surface area (Å²) in [6, 6.07) is 14.6. The lowest BCUT2D eigenvalue weighted by Gasteiger charge is -2.09. The van der Waals surface area contributed by atoms with E-state index in [4.69, 9.17) is 0 Å². The number of benzene rings is 2. The molecule has 0 aliphatic heterocycles. The van der Waals surface area contributed by atoms with E-state index in [1.54, 1.807) is 30.5 Å². The van der Waals surface area contributed by atoms with Crippen molar-refractivity contribution >= 4 is 21.6 Å². The largest absolute Gasteiger partial charge is 0.331 e. The van der Waals surface area contributed by atoms with Crippen molar-refractivity contribution in [1.29, 1.82) is 0 Å². The van der Waals surface area contributed by atoms with Gasteiger partial charge < -0.3 is 9.88 Å². The Morgan fingerprint density at radius 2 is 1.74 bits per heavy atom. The van der Waals surface area contributed by atoms with Gasteiger partial charge in [-0.25, -0.2) is 18.1 Å². The van der Waals surface area contributed by atoms with Crippen molar-refractivity contribution in [2.24, 2.45) is 0 Å². The van der Waals surface area contributed by atoms with E-state index < -0.39 is 10.0 Å². The van der Waals surface area contributed by atoms with Gasteiger partial charge in [-0.1, -0.05) is 24.3 Å². The Balaban J connectivity index is 1.26. The molecule has 0 saturated heterocycles. The zero-order valence-corrected chi connectivity index (χ0v) is 18.2. The van der Waals surface area contributed by atoms with Gasteiger partial charge in [0.05, 0.1) is 4.90 Å². The van der Waals surface area contributed by atoms with Crippen LogP contribution in [0.15, 0.2) is 65.8 Å². The molecule has 0 bridgehead atoms. The highest BCUT2D eigenvalue weighted by Crippen LogP contribution is 2.22. The smallest absolute Gasteiger partial charge is 0.240 e. The summed E-state index contributed by atoms with van der Waals surface area (Å²) >= 11 is 0. The first-order valence-electron chi connectivity index (χ1n) is 10.4. The minimum absolute atomic E-state index is 0.0784. The van der Waals surface area contributed by atoms with Gasteiger partial charge in [0, 0.05) is 37.1 Å². The second kappa shape index (κ2) is 9.03. The first-order chi connectivity index (χ1) is 14.9. The van der Waals surface area contributed by atoms with E-state index in [1.807, 2.05) is 37.4 Å². The van der Waals surface area contributed by atoms with Crippen LogP contribution in [0.3, 0.4) is 0 Å². The van der Waals surface area contributed by atoms with E-state index in [-0.39, 0.29) is 16.8 Å². The van der Waals surface area contributed by atoms with Crippen molar-refractivity contribution in [2.75, 3.05) is 5.32 Å². The number of aryl methyl sites for hydroxylation is 2. The molecular weight excluding hydrogens is 412 g/mol. The number of rotatable bonds is 9. The number of nitrogens with one attached hydrogen (secondary N) is 2. The molecule has 8 heteroatoms. The number of nitrogens with zero attached hydrogens (tertiary/aromatic N) is 2. The van der Waals surface area contributed by atoms with Crippen LogP contribution < -0.4 is 10.0 Å². The number of imidazole rings is 1. The Morgan fingerprint density at radius 1 is 1.06 bits per heavy atom. The van der Waals surface area contributed by atoms with Crippen LogP contribution in [0.1, 0.15) is 36.2 Å². The Bertz CT molecular complexity index is 1150. The molecule has 1 heterocycles. The molecule has 31 heavy (non-hydrogen) atoms. The molecule has 0 atom stereocenters. The zero-order valence-electron chi connectivity index (χ0n) is 17.4. The summed E-state index contributed by atoms with van der Waals surface area (Å²) in [5.41, 5.74) is 2.81. The molecular formula is C23H26N4O3S. The predicted molar refractivity (Wildman–Crippen MR) is 119 cm³/mol. The quantitative estimate of drug-likeness (QED) is 0.536. The molecule has 7 nitrogen and oxygen atoms in total. The van der Waals surface area contributed by atoms with E-state index in [9.17, 15) is 13.2 Å². The minimum Gasteiger partial charge on any atom is -0.331 e. The lowest BCUT2D eigenvalue weighted by molar-refractivity contribution is -0.116. The number of aromatic nitrogens is 2. The van der Waals surface area contributed by atoms with Gasteiger partial charge in [0.1, 0.15) is 5.82 Å². The third-order valence-corrected chi connectivity index (χ3v) is 6.82. The summed E-state index contributed by atoms with van der Waals surface area (Å²) < 4.78 is 29.2. The van der Waals surface area contributed by atoms with Gasteiger partial charge in [0.2, 0.25) is 15.9 Å². The predicted octanol–water partition coefficient (Wildman–Crippen LogP) is 3.25. The summed E-state index contributed by atoms with van der Waals surface area (Å²) in [5.74, 6) is 0.882. The molecule has 1 saturated carbocycles. The first kappa shape index (κ1) is 21.3. The summed E-state index contributed by atoms with van der Waals surface area (Å²) in [5, 5.41) is 2.91. The number of hydrogen-bond donors (Lipinski definition) is 2. The van der Waals surface area contributed by atoms with Gasteiger partial charge in [0.15, 0.2) is 0 Å². The van der Waals surface area contributed by atoms with E-state index in [0.29, 0.717) is 12.8 Å². The standard InChI is InChI=1S/C23H26N4O3S/c1-17-24-14-15-27(17)16-19-2-7-20(8-3-19)25-23(28)13-6-18-4-11-22(12-5-18)31(29,30)26-21-9-10-21/h2-5,7-8,11-12,14-15,21,26H,6,9-10,13,16H2,1H3,(H,25,28). The molecule has 0 radical (unpaired) electrons. The van der Waals surface area contributed by atoms with Crippen molar-refractivity contribution in [1.82, 2.24) is 14.3 Å². The van der Waals surface area contributed by atoms with Crippen LogP contribution in [-0.2, 0) is 27.8 Å². The third-order valence-electron chi connectivity index (χ3n) is 5.29. The van der Waals surface area contributed by atoms with Crippen LogP contribution >= 0.6 is 0 Å². The Kier molecular flexibility index (Phi) is 6.20. The van der Waals surface area contributed by atoms with E-state index in [0.717, 1.165) is 42.0 Å². The van der Waals surface area contributed by atoms with Crippen molar-refractivity contribution < 1.29 is 13.2 Å². The Labute approximate surface area is 182 Å². The number of anilines is 1. The van der Waals surface area contributed by atoms with Gasteiger partial charge in [-0.2, -0.15) is 0 Å². The number of carbonyl (C=O) groups excluding carboxylic acids is 1. The molecule has 1 amide bonds. The third kappa shape index (κ3) is 5.80. The molecule has 0 unspecified atom stereocenters. The minimum atomic E-state index is -3.44. The van der Waals surface area contributed by atoms with Crippen LogP contribution in [-0.4, -0.2) is 29.9 Å². The average Bonchev–Trinajstić information content (AvgIpc) is 3.47. The molecule has 3 aromatic rings. The SMILES string of the molecule is Cc1nccn1Cc1ccc(NC(=O)CCc2ccc(S(=O)(=O)NC3CC3)cc2)cc1. The zero-order chi connectivity index (χ0) is 21.8. The fraction of sp³-hybridized carbons (Fsp3) is 0.304. The second-order valence-corrected chi connectivity index (χ2v) is 9.60. The molecule has 1 fully saturated rings. The highest BCUT2D eigenvalue weighted by molar-refractivity contribution is 7.89. The van der Waals surface area contributed by atoms with Crippen LogP contribution in [0.25, 0.3) is 0 Å². The monoisotopic (exact) mass is 438 g/mol. The van der Waals surface area contributed by atoms with Crippen molar-refractivity contribution in [3.05, 3.63) is 77.9 Å². The summed E-state index contributed by atoms with van der Waals surface area (Å²) in [7, 11) is -3.44. The average molecular weight is 439 g/mol. The molecule has 1 aliphatic carbocycles. The van der Waals surface area contributed by atoms with E-state index in [1.165, 1.54) is 0 Å². The molecule has 1 aliphatic rings. The first-order valence-corrected chi connectivity index (χ1v) is 11.9. The Morgan fingerprint density at radius 3 is 2.35 bits per heavy atom. The number of sulfonamides is 1. The fourth-order valence-corrected chi connectivity index (χ4v) is 4.57. The molecule has 0 spiro atoms. The lowest BCUT2D eigenvalue weighted by atomic mass is 10.1. The molecule has 1 aromatic heterocycles. The van der Waals surface area contributed by atoms with E-state index in [2.05, 4.69) is 19.6 Å². The molecule has 2 N–H and O–H groups in total. The summed E-state index contributed by atoms with van der Waals surface area (Å²) in [4.78, 5) is 16.8. The van der Waals surface area contributed by atoms with Gasteiger partial charge in [0.25, 0.3) is 0 Å². The maximum absolute atomic E-state index is 12.3. The van der Waals surface area contributed by atoms with Crippen LogP contribution in [0.5, 0.6) is 0 Å². The fourth-order valence-electron chi connectivity index (χ4n) is 3.27. The summed E-state index contributed by atoms with van der Waals surface area (Å²) in [6.45, 7) is 2.70. The molecule has 2 aromatic carbocycles. The van der Waals surface area contributed by atoms with Crippen LogP contribution in [0.4, 0.5) is 5.69 Å². The number of amides is 1. The van der Waals surface area contributed by atoms with Gasteiger partial charge in [-0.15, -0.1) is 0 Å². The highest BCUT2D eigenvalue weighted by atomic mass is 32.2. The second-order valence-electron chi connectivity index (χ2n) is 7.89. The van der Waals surface area contributed by atoms with Crippen molar-refractivity contribution in [3.63, 3.8) is 0 Å². The van der Waals surface area contributed by atoms with Crippen LogP contribution in [0, 0.1) is 6.92 Å². The normalized spacial score (nSPS) is 13.8. The van der Waals surface area contributed by atoms with E-state index >= 15 is 0 Å². The molecule has 4 rings (SSSR count). The van der Waals surface area contributed by atoms with Crippen molar-refractivity contribution in [2.45, 2.75) is 50.1 Å².